The number of benzene rings is 2. The Labute approximate surface area is 100 Å². The van der Waals surface area contributed by atoms with Crippen LogP contribution in [0.5, 0.6) is 5.75 Å². The molecule has 0 radical (unpaired) electrons. The van der Waals surface area contributed by atoms with Gasteiger partial charge in [0.2, 0.25) is 0 Å². The van der Waals surface area contributed by atoms with Crippen LogP contribution in [0.4, 0.5) is 17.6 Å². The average molecular weight is 256 g/mol. The lowest BCUT2D eigenvalue weighted by Gasteiger charge is -2.13. The van der Waals surface area contributed by atoms with Gasteiger partial charge in [-0.15, -0.1) is 0 Å². The highest BCUT2D eigenvalue weighted by molar-refractivity contribution is 5.69. The minimum Gasteiger partial charge on any atom is -0.508 e. The number of aromatic hydroxyl groups is 1. The number of rotatable bonds is 1. The predicted octanol–water partition coefficient (Wildman–Crippen LogP) is 4.22. The molecule has 0 heterocycles. The number of hydrogen-bond acceptors (Lipinski definition) is 1. The maximum Gasteiger partial charge on any atom is 0.417 e. The fraction of sp³-hybridized carbons (Fsp3) is 0.0769. The first-order valence-corrected chi connectivity index (χ1v) is 5.04. The van der Waals surface area contributed by atoms with Crippen molar-refractivity contribution in [1.29, 1.82) is 0 Å². The van der Waals surface area contributed by atoms with E-state index in [-0.39, 0.29) is 11.1 Å². The Hall–Kier alpha value is -2.04. The standard InChI is InChI=1S/C13H8F4O/c14-9-3-1-2-8(6-9)11-5-4-10(18)7-12(11)13(15,16)17/h1-7,18H. The third kappa shape index (κ3) is 2.45. The van der Waals surface area contributed by atoms with Gasteiger partial charge in [0, 0.05) is 0 Å². The van der Waals surface area contributed by atoms with E-state index in [9.17, 15) is 17.6 Å². The Morgan fingerprint density at radius 1 is 0.944 bits per heavy atom. The molecule has 0 atom stereocenters. The first-order chi connectivity index (χ1) is 8.38. The predicted molar refractivity (Wildman–Crippen MR) is 58.5 cm³/mol. The third-order valence-electron chi connectivity index (χ3n) is 2.44. The minimum atomic E-state index is -4.61. The zero-order valence-corrected chi connectivity index (χ0v) is 9.00. The largest absolute Gasteiger partial charge is 0.508 e. The smallest absolute Gasteiger partial charge is 0.417 e. The molecule has 0 aromatic heterocycles. The van der Waals surface area contributed by atoms with Crippen molar-refractivity contribution in [2.24, 2.45) is 0 Å². The van der Waals surface area contributed by atoms with Crippen LogP contribution in [0, 0.1) is 5.82 Å². The summed E-state index contributed by atoms with van der Waals surface area (Å²) in [5.74, 6) is -1.10. The number of halogens is 4. The Morgan fingerprint density at radius 2 is 1.67 bits per heavy atom. The summed E-state index contributed by atoms with van der Waals surface area (Å²) in [7, 11) is 0. The Balaban J connectivity index is 2.64. The lowest BCUT2D eigenvalue weighted by molar-refractivity contribution is -0.137. The van der Waals surface area contributed by atoms with Crippen molar-refractivity contribution in [3.8, 4) is 16.9 Å². The van der Waals surface area contributed by atoms with E-state index in [4.69, 9.17) is 5.11 Å². The lowest BCUT2D eigenvalue weighted by Crippen LogP contribution is -2.07. The summed E-state index contributed by atoms with van der Waals surface area (Å²) < 4.78 is 51.5. The van der Waals surface area contributed by atoms with E-state index in [0.717, 1.165) is 24.3 Å². The van der Waals surface area contributed by atoms with Crippen LogP contribution in [0.15, 0.2) is 42.5 Å². The van der Waals surface area contributed by atoms with Crippen molar-refractivity contribution in [1.82, 2.24) is 0 Å². The van der Waals surface area contributed by atoms with Crippen LogP contribution in [0.2, 0.25) is 0 Å². The first kappa shape index (κ1) is 12.4. The van der Waals surface area contributed by atoms with E-state index in [2.05, 4.69) is 0 Å². The number of alkyl halides is 3. The quantitative estimate of drug-likeness (QED) is 0.757. The fourth-order valence-corrected chi connectivity index (χ4v) is 1.67. The maximum absolute atomic E-state index is 13.0. The second kappa shape index (κ2) is 4.33. The van der Waals surface area contributed by atoms with E-state index in [1.165, 1.54) is 12.1 Å². The van der Waals surface area contributed by atoms with Crippen molar-refractivity contribution in [2.45, 2.75) is 6.18 Å². The van der Waals surface area contributed by atoms with Crippen LogP contribution in [0.25, 0.3) is 11.1 Å². The zero-order valence-electron chi connectivity index (χ0n) is 9.00. The average Bonchev–Trinajstić information content (AvgIpc) is 2.27. The summed E-state index contributed by atoms with van der Waals surface area (Å²) in [5.41, 5.74) is -1.05. The van der Waals surface area contributed by atoms with Crippen LogP contribution in [-0.4, -0.2) is 5.11 Å². The second-order valence-corrected chi connectivity index (χ2v) is 3.74. The zero-order chi connectivity index (χ0) is 13.3. The van der Waals surface area contributed by atoms with Gasteiger partial charge in [-0.3, -0.25) is 0 Å². The van der Waals surface area contributed by atoms with E-state index < -0.39 is 23.3 Å². The molecule has 2 aromatic carbocycles. The summed E-state index contributed by atoms with van der Waals surface area (Å²) in [6, 6.07) is 7.75. The molecule has 2 aromatic rings. The molecule has 0 aliphatic carbocycles. The van der Waals surface area contributed by atoms with E-state index in [1.807, 2.05) is 0 Å². The summed E-state index contributed by atoms with van der Waals surface area (Å²) in [5, 5.41) is 9.13. The van der Waals surface area contributed by atoms with Crippen molar-refractivity contribution in [3.05, 3.63) is 53.8 Å². The molecule has 0 unspecified atom stereocenters. The summed E-state index contributed by atoms with van der Waals surface area (Å²) >= 11 is 0. The molecule has 0 saturated heterocycles. The molecule has 0 aliphatic heterocycles. The normalized spacial score (nSPS) is 11.6. The Bertz CT molecular complexity index is 575. The molecule has 0 amide bonds. The van der Waals surface area contributed by atoms with E-state index in [1.54, 1.807) is 0 Å². The van der Waals surface area contributed by atoms with Gasteiger partial charge in [0.15, 0.2) is 0 Å². The van der Waals surface area contributed by atoms with Gasteiger partial charge in [-0.2, -0.15) is 13.2 Å². The highest BCUT2D eigenvalue weighted by atomic mass is 19.4. The van der Waals surface area contributed by atoms with Gasteiger partial charge in [-0.05, 0) is 35.4 Å². The van der Waals surface area contributed by atoms with Crippen LogP contribution in [-0.2, 0) is 6.18 Å². The van der Waals surface area contributed by atoms with Crippen molar-refractivity contribution >= 4 is 0 Å². The van der Waals surface area contributed by atoms with Crippen molar-refractivity contribution < 1.29 is 22.7 Å². The van der Waals surface area contributed by atoms with Gasteiger partial charge >= 0.3 is 6.18 Å². The second-order valence-electron chi connectivity index (χ2n) is 3.74. The molecule has 1 N–H and O–H groups in total. The molecule has 0 spiro atoms. The van der Waals surface area contributed by atoms with Crippen LogP contribution in [0.1, 0.15) is 5.56 Å². The maximum atomic E-state index is 13.0. The monoisotopic (exact) mass is 256 g/mol. The molecular weight excluding hydrogens is 248 g/mol. The van der Waals surface area contributed by atoms with Gasteiger partial charge in [0.25, 0.3) is 0 Å². The molecule has 0 aliphatic rings. The molecule has 0 saturated carbocycles. The summed E-state index contributed by atoms with van der Waals surface area (Å²) in [6.07, 6.45) is -4.61. The highest BCUT2D eigenvalue weighted by Crippen LogP contribution is 2.38. The molecule has 0 fully saturated rings. The van der Waals surface area contributed by atoms with E-state index >= 15 is 0 Å². The van der Waals surface area contributed by atoms with Crippen molar-refractivity contribution in [2.75, 3.05) is 0 Å². The van der Waals surface area contributed by atoms with Gasteiger partial charge in [0.1, 0.15) is 11.6 Å². The van der Waals surface area contributed by atoms with Gasteiger partial charge in [-0.1, -0.05) is 18.2 Å². The third-order valence-corrected chi connectivity index (χ3v) is 2.44. The van der Waals surface area contributed by atoms with Crippen LogP contribution < -0.4 is 0 Å². The summed E-state index contributed by atoms with van der Waals surface area (Å²) in [4.78, 5) is 0. The van der Waals surface area contributed by atoms with Crippen molar-refractivity contribution in [3.63, 3.8) is 0 Å². The lowest BCUT2D eigenvalue weighted by atomic mass is 9.99. The highest BCUT2D eigenvalue weighted by Gasteiger charge is 2.34. The molecule has 0 bridgehead atoms. The fourth-order valence-electron chi connectivity index (χ4n) is 1.67. The van der Waals surface area contributed by atoms with Gasteiger partial charge in [-0.25, -0.2) is 4.39 Å². The molecule has 1 nitrogen and oxygen atoms in total. The van der Waals surface area contributed by atoms with Crippen LogP contribution >= 0.6 is 0 Å². The molecule has 18 heavy (non-hydrogen) atoms. The molecule has 94 valence electrons. The van der Waals surface area contributed by atoms with E-state index in [0.29, 0.717) is 6.07 Å². The van der Waals surface area contributed by atoms with Gasteiger partial charge < -0.3 is 5.11 Å². The number of phenols is 1. The summed E-state index contributed by atoms with van der Waals surface area (Å²) in [6.45, 7) is 0. The minimum absolute atomic E-state index is 0.113. The SMILES string of the molecule is Oc1ccc(-c2cccc(F)c2)c(C(F)(F)F)c1. The first-order valence-electron chi connectivity index (χ1n) is 5.04. The van der Waals surface area contributed by atoms with Gasteiger partial charge in [0.05, 0.1) is 5.56 Å². The Kier molecular flexibility index (Phi) is 2.98. The number of hydrogen-bond donors (Lipinski definition) is 1. The topological polar surface area (TPSA) is 20.2 Å². The number of phenolic OH excluding ortho intramolecular Hbond substituents is 1. The van der Waals surface area contributed by atoms with Crippen LogP contribution in [0.3, 0.4) is 0 Å². The Morgan fingerprint density at radius 3 is 2.28 bits per heavy atom. The molecule has 2 rings (SSSR count). The molecule has 5 heteroatoms. The molecular formula is C13H8F4O.